The average molecular weight is 582 g/mol. The fourth-order valence-corrected chi connectivity index (χ4v) is 8.12. The Hall–Kier alpha value is -5.15. The number of allylic oxidation sites excluding steroid dienone is 1. The summed E-state index contributed by atoms with van der Waals surface area (Å²) in [6, 6.07) is 42.9. The molecule has 2 heterocycles. The quantitative estimate of drug-likeness (QED) is 0.198. The number of nitrogens with zero attached hydrogens (tertiary/aromatic N) is 3. The summed E-state index contributed by atoms with van der Waals surface area (Å²) in [5, 5.41) is 2.56. The van der Waals surface area contributed by atoms with Crippen molar-refractivity contribution in [2.24, 2.45) is 10.9 Å². The van der Waals surface area contributed by atoms with Gasteiger partial charge in [0, 0.05) is 29.2 Å². The predicted octanol–water partition coefficient (Wildman–Crippen LogP) is 9.46. The van der Waals surface area contributed by atoms with E-state index < -0.39 is 0 Å². The van der Waals surface area contributed by atoms with E-state index in [0.717, 1.165) is 17.8 Å². The third kappa shape index (κ3) is 4.00. The van der Waals surface area contributed by atoms with Gasteiger partial charge in [0.05, 0.1) is 23.8 Å². The van der Waals surface area contributed by atoms with E-state index in [1.165, 1.54) is 55.5 Å². The number of benzene rings is 5. The second-order valence-corrected chi connectivity index (χ2v) is 12.8. The lowest BCUT2D eigenvalue weighted by Crippen LogP contribution is -2.42. The zero-order valence-corrected chi connectivity index (χ0v) is 25.6. The average Bonchev–Trinajstić information content (AvgIpc) is 3.49. The van der Waals surface area contributed by atoms with Crippen LogP contribution in [-0.2, 0) is 0 Å². The monoisotopic (exact) mass is 581 g/mol. The lowest BCUT2D eigenvalue weighted by atomic mass is 9.77. The van der Waals surface area contributed by atoms with Crippen molar-refractivity contribution in [2.75, 3.05) is 16.8 Å². The highest BCUT2D eigenvalue weighted by molar-refractivity contribution is 6.13. The van der Waals surface area contributed by atoms with Crippen molar-refractivity contribution in [3.8, 4) is 0 Å². The highest BCUT2D eigenvalue weighted by atomic mass is 15.3. The van der Waals surface area contributed by atoms with Gasteiger partial charge in [0.1, 0.15) is 5.84 Å². The van der Waals surface area contributed by atoms with Crippen LogP contribution in [0.25, 0.3) is 22.4 Å². The first-order valence-electron chi connectivity index (χ1n) is 16.1. The largest absolute Gasteiger partial charge is 0.362 e. The molecule has 5 aromatic rings. The molecular weight excluding hydrogens is 546 g/mol. The van der Waals surface area contributed by atoms with E-state index in [1.807, 2.05) is 0 Å². The number of rotatable bonds is 3. The normalized spacial score (nSPS) is 23.0. The number of hydrogen-bond acceptors (Lipinski definition) is 3. The minimum atomic E-state index is 0.142. The summed E-state index contributed by atoms with van der Waals surface area (Å²) < 4.78 is 0. The van der Waals surface area contributed by atoms with Gasteiger partial charge >= 0.3 is 0 Å². The SMILES string of the molecule is CC1CC=CC2C1N=C(c1ccc(C3=C4C=Cc5ccccc5C4N(C)c4c3ccc3ccccc43)cc1)N2c1ccccc1. The predicted molar refractivity (Wildman–Crippen MR) is 189 cm³/mol. The van der Waals surface area contributed by atoms with Gasteiger partial charge in [0.15, 0.2) is 0 Å². The highest BCUT2D eigenvalue weighted by Crippen LogP contribution is 2.51. The molecule has 0 saturated carbocycles. The molecule has 4 aliphatic rings. The summed E-state index contributed by atoms with van der Waals surface area (Å²) in [5.41, 5.74) is 11.5. The van der Waals surface area contributed by atoms with E-state index in [4.69, 9.17) is 4.99 Å². The number of hydrogen-bond donors (Lipinski definition) is 0. The number of para-hydroxylation sites is 1. The zero-order valence-electron chi connectivity index (χ0n) is 25.6. The molecule has 4 unspecified atom stereocenters. The third-order valence-corrected chi connectivity index (χ3v) is 10.3. The molecule has 4 atom stereocenters. The molecule has 3 heteroatoms. The van der Waals surface area contributed by atoms with Crippen LogP contribution in [0.5, 0.6) is 0 Å². The van der Waals surface area contributed by atoms with Gasteiger partial charge in [-0.05, 0) is 57.7 Å². The second kappa shape index (κ2) is 10.2. The van der Waals surface area contributed by atoms with Crippen LogP contribution in [0, 0.1) is 5.92 Å². The van der Waals surface area contributed by atoms with Gasteiger partial charge in [-0.15, -0.1) is 0 Å². The van der Waals surface area contributed by atoms with E-state index in [1.54, 1.807) is 0 Å². The number of aliphatic imine (C=N–C) groups is 1. The van der Waals surface area contributed by atoms with E-state index in [9.17, 15) is 0 Å². The van der Waals surface area contributed by atoms with E-state index in [2.05, 4.69) is 163 Å². The summed E-state index contributed by atoms with van der Waals surface area (Å²) in [5.74, 6) is 1.58. The van der Waals surface area contributed by atoms with Crippen LogP contribution < -0.4 is 9.80 Å². The molecular formula is C42H35N3. The molecule has 0 amide bonds. The second-order valence-electron chi connectivity index (χ2n) is 12.8. The Kier molecular flexibility index (Phi) is 5.96. The van der Waals surface area contributed by atoms with Crippen LogP contribution >= 0.6 is 0 Å². The molecule has 0 bridgehead atoms. The summed E-state index contributed by atoms with van der Waals surface area (Å²) >= 11 is 0. The molecule has 2 aliphatic heterocycles. The molecule has 2 aliphatic carbocycles. The molecule has 45 heavy (non-hydrogen) atoms. The molecule has 218 valence electrons. The highest BCUT2D eigenvalue weighted by Gasteiger charge is 2.40. The molecule has 0 aromatic heterocycles. The maximum Gasteiger partial charge on any atom is 0.136 e. The topological polar surface area (TPSA) is 18.8 Å². The van der Waals surface area contributed by atoms with Gasteiger partial charge < -0.3 is 9.80 Å². The van der Waals surface area contributed by atoms with Crippen molar-refractivity contribution < 1.29 is 0 Å². The van der Waals surface area contributed by atoms with Crippen LogP contribution in [0.3, 0.4) is 0 Å². The van der Waals surface area contributed by atoms with Crippen molar-refractivity contribution >= 4 is 39.6 Å². The first-order valence-corrected chi connectivity index (χ1v) is 16.1. The summed E-state index contributed by atoms with van der Waals surface area (Å²) in [7, 11) is 2.26. The minimum Gasteiger partial charge on any atom is -0.362 e. The fraction of sp³-hybridized carbons (Fsp3) is 0.167. The molecule has 3 nitrogen and oxygen atoms in total. The van der Waals surface area contributed by atoms with E-state index in [-0.39, 0.29) is 18.1 Å². The zero-order chi connectivity index (χ0) is 30.1. The van der Waals surface area contributed by atoms with Crippen molar-refractivity contribution in [2.45, 2.75) is 31.5 Å². The Morgan fingerprint density at radius 2 is 1.49 bits per heavy atom. The molecule has 5 aromatic carbocycles. The Morgan fingerprint density at radius 3 is 2.36 bits per heavy atom. The van der Waals surface area contributed by atoms with Gasteiger partial charge in [-0.25, -0.2) is 0 Å². The van der Waals surface area contributed by atoms with Crippen LogP contribution in [0.15, 0.2) is 144 Å². The van der Waals surface area contributed by atoms with Gasteiger partial charge in [0.2, 0.25) is 0 Å². The Bertz CT molecular complexity index is 2080. The Balaban J connectivity index is 1.20. The van der Waals surface area contributed by atoms with Crippen molar-refractivity contribution in [1.29, 1.82) is 0 Å². The van der Waals surface area contributed by atoms with Crippen molar-refractivity contribution in [1.82, 2.24) is 0 Å². The maximum absolute atomic E-state index is 5.39. The Morgan fingerprint density at radius 1 is 0.733 bits per heavy atom. The standard InChI is InChI=1S/C42H35N3/c1-27-11-10-18-37-39(27)43-42(45(37)32-14-4-3-5-15-32)31-21-19-30(20-22-31)38-35-25-23-28-12-6-8-16-33(28)40(35)44(2)41-34-17-9-7-13-29(34)24-26-36(38)41/h3-10,12-27,37,39-40H,11H2,1-2H3. The van der Waals surface area contributed by atoms with Crippen LogP contribution in [0.2, 0.25) is 0 Å². The van der Waals surface area contributed by atoms with Crippen molar-refractivity contribution in [3.05, 3.63) is 167 Å². The Labute approximate surface area is 265 Å². The minimum absolute atomic E-state index is 0.142. The van der Waals surface area contributed by atoms with Crippen LogP contribution in [0.4, 0.5) is 11.4 Å². The number of likely N-dealkylation sites (N-methyl/N-ethyl adjacent to an activating group) is 1. The summed E-state index contributed by atoms with van der Waals surface area (Å²) in [4.78, 5) is 10.3. The van der Waals surface area contributed by atoms with Gasteiger partial charge in [-0.1, -0.05) is 134 Å². The summed E-state index contributed by atoms with van der Waals surface area (Å²) in [6.07, 6.45) is 10.4. The molecule has 0 saturated heterocycles. The lowest BCUT2D eigenvalue weighted by Gasteiger charge is -2.41. The van der Waals surface area contributed by atoms with E-state index >= 15 is 0 Å². The number of anilines is 2. The van der Waals surface area contributed by atoms with Crippen molar-refractivity contribution in [3.63, 3.8) is 0 Å². The maximum atomic E-state index is 5.39. The molecule has 0 radical (unpaired) electrons. The molecule has 0 spiro atoms. The van der Waals surface area contributed by atoms with Gasteiger partial charge in [-0.2, -0.15) is 0 Å². The smallest absolute Gasteiger partial charge is 0.136 e. The molecule has 0 N–H and O–H groups in total. The number of fused-ring (bicyclic) bond motifs is 7. The number of amidine groups is 1. The molecule has 9 rings (SSSR count). The van der Waals surface area contributed by atoms with Gasteiger partial charge in [0.25, 0.3) is 0 Å². The lowest BCUT2D eigenvalue weighted by molar-refractivity contribution is 0.429. The van der Waals surface area contributed by atoms with Crippen LogP contribution in [-0.4, -0.2) is 25.0 Å². The third-order valence-electron chi connectivity index (χ3n) is 10.3. The first-order chi connectivity index (χ1) is 22.2. The summed E-state index contributed by atoms with van der Waals surface area (Å²) in [6.45, 7) is 2.33. The fourth-order valence-electron chi connectivity index (χ4n) is 8.12. The first kappa shape index (κ1) is 26.3. The van der Waals surface area contributed by atoms with E-state index in [0.29, 0.717) is 5.92 Å². The molecule has 0 fully saturated rings. The van der Waals surface area contributed by atoms with Crippen LogP contribution in [0.1, 0.15) is 47.2 Å². The van der Waals surface area contributed by atoms with Gasteiger partial charge in [-0.3, -0.25) is 4.99 Å².